The molecular weight excluding hydrogens is 204 g/mol. The summed E-state index contributed by atoms with van der Waals surface area (Å²) >= 11 is 0. The van der Waals surface area contributed by atoms with Gasteiger partial charge in [-0.3, -0.25) is 4.89 Å². The first-order valence-electron chi connectivity index (χ1n) is 6.63. The highest BCUT2D eigenvalue weighted by Crippen LogP contribution is 2.04. The Morgan fingerprint density at radius 2 is 1.50 bits per heavy atom. The summed E-state index contributed by atoms with van der Waals surface area (Å²) in [5.74, 6) is -0.234. The molecule has 0 aliphatic heterocycles. The third-order valence-electron chi connectivity index (χ3n) is 2.47. The Morgan fingerprint density at radius 3 is 2.19 bits per heavy atom. The van der Waals surface area contributed by atoms with Gasteiger partial charge < -0.3 is 0 Å². The van der Waals surface area contributed by atoms with Crippen molar-refractivity contribution < 1.29 is 14.6 Å². The van der Waals surface area contributed by atoms with E-state index in [9.17, 15) is 4.79 Å². The maximum atomic E-state index is 11.1. The summed E-state index contributed by atoms with van der Waals surface area (Å²) in [7, 11) is 0. The van der Waals surface area contributed by atoms with Gasteiger partial charge in [0.05, 0.1) is 6.61 Å². The molecule has 0 N–H and O–H groups in total. The Bertz CT molecular complexity index is 157. The Hall–Kier alpha value is -0.570. The number of hydrogen-bond donors (Lipinski definition) is 0. The van der Waals surface area contributed by atoms with Crippen LogP contribution in [0.3, 0.4) is 0 Å². The zero-order valence-corrected chi connectivity index (χ0v) is 10.8. The summed E-state index contributed by atoms with van der Waals surface area (Å²) in [6.45, 7) is 4.83. The number of unbranched alkanes of at least 4 members (excludes halogenated alkanes) is 6. The van der Waals surface area contributed by atoms with Gasteiger partial charge in [-0.15, -0.1) is 0 Å². The van der Waals surface area contributed by atoms with Crippen molar-refractivity contribution in [3.63, 3.8) is 0 Å². The van der Waals surface area contributed by atoms with E-state index in [1.807, 2.05) is 0 Å². The van der Waals surface area contributed by atoms with Crippen LogP contribution >= 0.6 is 0 Å². The predicted molar refractivity (Wildman–Crippen MR) is 64.9 cm³/mol. The van der Waals surface area contributed by atoms with Crippen molar-refractivity contribution in [3.8, 4) is 0 Å². The second-order valence-electron chi connectivity index (χ2n) is 4.15. The maximum Gasteiger partial charge on any atom is 0.342 e. The van der Waals surface area contributed by atoms with Gasteiger partial charge in [-0.1, -0.05) is 52.4 Å². The van der Waals surface area contributed by atoms with Crippen molar-refractivity contribution in [1.82, 2.24) is 0 Å². The summed E-state index contributed by atoms with van der Waals surface area (Å²) < 4.78 is 0. The molecule has 0 bridgehead atoms. The van der Waals surface area contributed by atoms with Crippen molar-refractivity contribution in [2.75, 3.05) is 6.61 Å². The van der Waals surface area contributed by atoms with Crippen molar-refractivity contribution >= 4 is 5.97 Å². The molecule has 0 spiro atoms. The van der Waals surface area contributed by atoms with E-state index >= 15 is 0 Å². The van der Waals surface area contributed by atoms with Gasteiger partial charge in [-0.25, -0.2) is 4.79 Å². The molecule has 0 atom stereocenters. The molecule has 96 valence electrons. The van der Waals surface area contributed by atoms with Crippen molar-refractivity contribution in [2.45, 2.75) is 71.6 Å². The van der Waals surface area contributed by atoms with Crippen LogP contribution in [-0.4, -0.2) is 12.6 Å². The minimum atomic E-state index is -0.234. The number of rotatable bonds is 11. The van der Waals surface area contributed by atoms with Crippen LogP contribution in [0.1, 0.15) is 71.6 Å². The molecule has 0 aromatic carbocycles. The van der Waals surface area contributed by atoms with Crippen LogP contribution in [0.2, 0.25) is 0 Å². The molecule has 0 radical (unpaired) electrons. The van der Waals surface area contributed by atoms with E-state index in [-0.39, 0.29) is 5.97 Å². The highest BCUT2D eigenvalue weighted by Gasteiger charge is 2.02. The fourth-order valence-corrected chi connectivity index (χ4v) is 1.43. The number of hydrogen-bond acceptors (Lipinski definition) is 3. The summed E-state index contributed by atoms with van der Waals surface area (Å²) in [6.07, 6.45) is 9.45. The lowest BCUT2D eigenvalue weighted by Gasteiger charge is -2.03. The van der Waals surface area contributed by atoms with E-state index in [1.54, 1.807) is 0 Å². The van der Waals surface area contributed by atoms with E-state index in [0.29, 0.717) is 13.0 Å². The fraction of sp³-hybridized carbons (Fsp3) is 0.923. The van der Waals surface area contributed by atoms with Gasteiger partial charge in [0, 0.05) is 6.42 Å². The first-order chi connectivity index (χ1) is 7.81. The molecule has 0 aromatic rings. The van der Waals surface area contributed by atoms with E-state index in [2.05, 4.69) is 18.7 Å². The van der Waals surface area contributed by atoms with Gasteiger partial charge in [0.1, 0.15) is 0 Å². The minimum absolute atomic E-state index is 0.234. The van der Waals surface area contributed by atoms with Gasteiger partial charge in [0.25, 0.3) is 0 Å². The quantitative estimate of drug-likeness (QED) is 0.305. The van der Waals surface area contributed by atoms with Gasteiger partial charge in [0.15, 0.2) is 0 Å². The monoisotopic (exact) mass is 230 g/mol. The fourth-order valence-electron chi connectivity index (χ4n) is 1.43. The molecular formula is C13H26O3. The Morgan fingerprint density at radius 1 is 0.875 bits per heavy atom. The first-order valence-corrected chi connectivity index (χ1v) is 6.63. The zero-order valence-electron chi connectivity index (χ0n) is 10.8. The Labute approximate surface area is 99.4 Å². The van der Waals surface area contributed by atoms with Crippen LogP contribution in [0.15, 0.2) is 0 Å². The molecule has 0 aromatic heterocycles. The summed E-state index contributed by atoms with van der Waals surface area (Å²) in [4.78, 5) is 20.6. The Balaban J connectivity index is 3.09. The lowest BCUT2D eigenvalue weighted by atomic mass is 10.2. The van der Waals surface area contributed by atoms with Crippen LogP contribution in [0.25, 0.3) is 0 Å². The number of carbonyl (C=O) groups excluding carboxylic acids is 1. The topological polar surface area (TPSA) is 35.5 Å². The first kappa shape index (κ1) is 15.4. The second kappa shape index (κ2) is 12.5. The molecule has 16 heavy (non-hydrogen) atoms. The lowest BCUT2D eigenvalue weighted by molar-refractivity contribution is -0.272. The molecule has 0 aliphatic rings. The van der Waals surface area contributed by atoms with Crippen LogP contribution in [0, 0.1) is 0 Å². The maximum absolute atomic E-state index is 11.1. The van der Waals surface area contributed by atoms with Crippen LogP contribution in [-0.2, 0) is 14.6 Å². The SMILES string of the molecule is CCCCCCCOOC(=O)CCCCC. The van der Waals surface area contributed by atoms with Crippen LogP contribution < -0.4 is 0 Å². The highest BCUT2D eigenvalue weighted by molar-refractivity contribution is 5.68. The molecule has 0 amide bonds. The molecule has 3 heteroatoms. The van der Waals surface area contributed by atoms with Crippen molar-refractivity contribution in [3.05, 3.63) is 0 Å². The average Bonchev–Trinajstić information content (AvgIpc) is 2.28. The van der Waals surface area contributed by atoms with Crippen LogP contribution in [0.5, 0.6) is 0 Å². The standard InChI is InChI=1S/C13H26O3/c1-3-5-7-8-10-12-15-16-13(14)11-9-6-4-2/h3-12H2,1-2H3. The molecule has 0 saturated heterocycles. The van der Waals surface area contributed by atoms with E-state index < -0.39 is 0 Å². The highest BCUT2D eigenvalue weighted by atomic mass is 17.2. The third kappa shape index (κ3) is 11.5. The van der Waals surface area contributed by atoms with E-state index in [4.69, 9.17) is 4.89 Å². The summed E-state index contributed by atoms with van der Waals surface area (Å²) in [5.41, 5.74) is 0. The normalized spacial score (nSPS) is 10.4. The predicted octanol–water partition coefficient (Wildman–Crippen LogP) is 4.01. The van der Waals surface area contributed by atoms with Crippen molar-refractivity contribution in [1.29, 1.82) is 0 Å². The Kier molecular flexibility index (Phi) is 12.1. The van der Waals surface area contributed by atoms with Crippen LogP contribution in [0.4, 0.5) is 0 Å². The average molecular weight is 230 g/mol. The smallest absolute Gasteiger partial charge is 0.298 e. The van der Waals surface area contributed by atoms with E-state index in [1.165, 1.54) is 19.3 Å². The molecule has 0 rings (SSSR count). The van der Waals surface area contributed by atoms with E-state index in [0.717, 1.165) is 32.1 Å². The molecule has 0 heterocycles. The van der Waals surface area contributed by atoms with Crippen molar-refractivity contribution in [2.24, 2.45) is 0 Å². The van der Waals surface area contributed by atoms with Gasteiger partial charge in [-0.2, -0.15) is 4.89 Å². The summed E-state index contributed by atoms with van der Waals surface area (Å²) in [5, 5.41) is 0. The minimum Gasteiger partial charge on any atom is -0.298 e. The molecule has 0 aliphatic carbocycles. The second-order valence-corrected chi connectivity index (χ2v) is 4.15. The van der Waals surface area contributed by atoms with Gasteiger partial charge in [-0.05, 0) is 12.8 Å². The molecule has 0 fully saturated rings. The summed E-state index contributed by atoms with van der Waals surface area (Å²) in [6, 6.07) is 0. The number of carbonyl (C=O) groups is 1. The zero-order chi connectivity index (χ0) is 12.1. The molecule has 0 saturated carbocycles. The lowest BCUT2D eigenvalue weighted by Crippen LogP contribution is -2.06. The largest absolute Gasteiger partial charge is 0.342 e. The third-order valence-corrected chi connectivity index (χ3v) is 2.47. The molecule has 3 nitrogen and oxygen atoms in total. The molecule has 0 unspecified atom stereocenters. The van der Waals surface area contributed by atoms with Gasteiger partial charge in [0.2, 0.25) is 0 Å². The van der Waals surface area contributed by atoms with Gasteiger partial charge >= 0.3 is 5.97 Å².